The van der Waals surface area contributed by atoms with Crippen LogP contribution in [0.3, 0.4) is 0 Å². The number of hydrogen-bond donors (Lipinski definition) is 16. The molecule has 0 bridgehead atoms. The Morgan fingerprint density at radius 1 is 0.486 bits per heavy atom. The molecule has 0 aromatic heterocycles. The number of unbranched alkanes of at least 4 members (excludes halogenated alkanes) is 2. The number of hydrogen-bond acceptors (Lipinski definition) is 26. The molecule has 0 aliphatic carbocycles. The van der Waals surface area contributed by atoms with Gasteiger partial charge in [0.15, 0.2) is 25.2 Å². The van der Waals surface area contributed by atoms with Crippen LogP contribution in [0.4, 0.5) is 0 Å². The van der Waals surface area contributed by atoms with E-state index in [4.69, 9.17) is 37.9 Å². The molecule has 0 aromatic rings. The Labute approximate surface area is 402 Å². The Morgan fingerprint density at radius 2 is 0.929 bits per heavy atom. The zero-order chi connectivity index (χ0) is 51.8. The second-order valence-electron chi connectivity index (χ2n) is 17.5. The highest BCUT2D eigenvalue weighted by Gasteiger charge is 2.52. The van der Waals surface area contributed by atoms with Crippen LogP contribution in [0.5, 0.6) is 0 Å². The van der Waals surface area contributed by atoms with Crippen molar-refractivity contribution in [1.29, 1.82) is 0 Å². The summed E-state index contributed by atoms with van der Waals surface area (Å²) in [5, 5.41) is 142. The number of aliphatic hydroxyl groups excluding tert-OH is 13. The van der Waals surface area contributed by atoms with E-state index < -0.39 is 187 Å². The highest BCUT2D eigenvalue weighted by molar-refractivity contribution is 5.84. The van der Waals surface area contributed by atoms with Crippen LogP contribution in [0.15, 0.2) is 0 Å². The second kappa shape index (κ2) is 29.2. The zero-order valence-corrected chi connectivity index (χ0v) is 38.8. The molecule has 4 saturated heterocycles. The van der Waals surface area contributed by atoms with E-state index >= 15 is 0 Å². The number of nitrogens with one attached hydrogen (secondary N) is 3. The minimum absolute atomic E-state index is 0.0439. The lowest BCUT2D eigenvalue weighted by molar-refractivity contribution is -0.366. The highest BCUT2D eigenvalue weighted by atomic mass is 16.8. The maximum absolute atomic E-state index is 13.2. The molecule has 29 heteroatoms. The van der Waals surface area contributed by atoms with E-state index in [2.05, 4.69) is 16.0 Å². The van der Waals surface area contributed by atoms with Crippen LogP contribution < -0.4 is 16.0 Å². The highest BCUT2D eigenvalue weighted by Crippen LogP contribution is 2.31. The summed E-state index contributed by atoms with van der Waals surface area (Å²) in [5.74, 6) is -1.82. The number of Topliss-reactive ketones (excluding diaryl/α,β-unsaturated/α-hetero) is 1. The lowest BCUT2D eigenvalue weighted by atomic mass is 9.96. The predicted molar refractivity (Wildman–Crippen MR) is 228 cm³/mol. The first-order chi connectivity index (χ1) is 33.2. The molecule has 4 rings (SSSR count). The molecule has 0 radical (unpaired) electrons. The number of carbonyl (C=O) groups is 4. The Balaban J connectivity index is 1.36. The smallest absolute Gasteiger partial charge is 0.234 e. The van der Waals surface area contributed by atoms with E-state index in [9.17, 15) is 85.6 Å². The van der Waals surface area contributed by atoms with E-state index in [1.165, 1.54) is 18.7 Å². The van der Waals surface area contributed by atoms with Gasteiger partial charge < -0.3 is 125 Å². The predicted octanol–water partition coefficient (Wildman–Crippen LogP) is -9.90. The monoisotopic (exact) mass is 1020 g/mol. The van der Waals surface area contributed by atoms with Crippen molar-refractivity contribution in [3.63, 3.8) is 0 Å². The number of nitrogens with zero attached hydrogens (tertiary/aromatic N) is 1. The molecule has 4 aliphatic rings. The van der Waals surface area contributed by atoms with Gasteiger partial charge in [0, 0.05) is 26.1 Å². The van der Waals surface area contributed by atoms with Crippen molar-refractivity contribution < 1.29 is 123 Å². The van der Waals surface area contributed by atoms with Crippen LogP contribution in [0.25, 0.3) is 0 Å². The maximum atomic E-state index is 13.2. The van der Waals surface area contributed by atoms with Crippen molar-refractivity contribution >= 4 is 23.5 Å². The van der Waals surface area contributed by atoms with Crippen molar-refractivity contribution in [3.05, 3.63) is 0 Å². The Hall–Kier alpha value is -2.80. The molecule has 0 aromatic carbocycles. The number of aliphatic hydroxyl groups is 13. The topological polar surface area (TPSA) is 444 Å². The summed E-state index contributed by atoms with van der Waals surface area (Å²) in [6.07, 6.45) is -30.7. The molecule has 16 N–H and O–H groups in total. The molecule has 20 atom stereocenters. The van der Waals surface area contributed by atoms with Crippen molar-refractivity contribution in [3.8, 4) is 0 Å². The summed E-state index contributed by atoms with van der Waals surface area (Å²) in [6.45, 7) is -1.52. The molecule has 0 spiro atoms. The molecule has 29 nitrogen and oxygen atoms in total. The molecule has 4 fully saturated rings. The van der Waals surface area contributed by atoms with Crippen molar-refractivity contribution in [2.45, 2.75) is 162 Å². The molecule has 4 heterocycles. The van der Waals surface area contributed by atoms with E-state index in [-0.39, 0.29) is 32.0 Å². The fourth-order valence-corrected chi connectivity index (χ4v) is 7.80. The fourth-order valence-electron chi connectivity index (χ4n) is 7.80. The second-order valence-corrected chi connectivity index (χ2v) is 17.5. The molecule has 0 unspecified atom stereocenters. The number of amides is 3. The summed E-state index contributed by atoms with van der Waals surface area (Å²) in [7, 11) is 0. The number of carbonyl (C=O) groups excluding carboxylic acids is 4. The summed E-state index contributed by atoms with van der Waals surface area (Å²) < 4.78 is 44.2. The number of rotatable bonds is 27. The molecule has 0 saturated carbocycles. The van der Waals surface area contributed by atoms with Crippen LogP contribution >= 0.6 is 0 Å². The van der Waals surface area contributed by atoms with Gasteiger partial charge in [-0.25, -0.2) is 0 Å². The van der Waals surface area contributed by atoms with Gasteiger partial charge in [-0.05, 0) is 26.7 Å². The molecule has 70 heavy (non-hydrogen) atoms. The van der Waals surface area contributed by atoms with Crippen molar-refractivity contribution in [2.75, 3.05) is 72.3 Å². The first-order valence-corrected chi connectivity index (χ1v) is 23.0. The quantitative estimate of drug-likeness (QED) is 0.0340. The van der Waals surface area contributed by atoms with Gasteiger partial charge in [-0.15, -0.1) is 0 Å². The molecular weight excluding hydrogens is 948 g/mol. The third-order valence-electron chi connectivity index (χ3n) is 11.9. The normalized spacial score (nSPS) is 38.0. The van der Waals surface area contributed by atoms with Gasteiger partial charge in [0.1, 0.15) is 97.3 Å². The maximum Gasteiger partial charge on any atom is 0.234 e. The van der Waals surface area contributed by atoms with Crippen molar-refractivity contribution in [1.82, 2.24) is 20.9 Å². The number of ketones is 1. The zero-order valence-electron chi connectivity index (χ0n) is 38.8. The van der Waals surface area contributed by atoms with Crippen molar-refractivity contribution in [2.24, 2.45) is 0 Å². The Kier molecular flexibility index (Phi) is 24.9. The summed E-state index contributed by atoms with van der Waals surface area (Å²) in [5.41, 5.74) is 0. The number of ether oxygens (including phenoxy) is 8. The summed E-state index contributed by atoms with van der Waals surface area (Å²) >= 11 is 0. The van der Waals surface area contributed by atoms with Gasteiger partial charge in [0.25, 0.3) is 0 Å². The lowest BCUT2D eigenvalue weighted by Gasteiger charge is -2.46. The van der Waals surface area contributed by atoms with Gasteiger partial charge in [-0.3, -0.25) is 19.3 Å². The van der Waals surface area contributed by atoms with E-state index in [1.54, 1.807) is 0 Å². The van der Waals surface area contributed by atoms with Crippen LogP contribution in [0, 0.1) is 0 Å². The fraction of sp³-hybridized carbons (Fsp3) is 0.902. The average Bonchev–Trinajstić information content (AvgIpc) is 3.32. The average molecular weight is 1020 g/mol. The van der Waals surface area contributed by atoms with E-state index in [1.807, 2.05) is 0 Å². The van der Waals surface area contributed by atoms with Crippen LogP contribution in [0.1, 0.15) is 39.5 Å². The molecule has 4 aliphatic heterocycles. The Bertz CT molecular complexity index is 1610. The summed E-state index contributed by atoms with van der Waals surface area (Å²) in [6, 6.07) is 0. The largest absolute Gasteiger partial charge is 0.394 e. The molecule has 3 amide bonds. The minimum atomic E-state index is -1.97. The SMILES string of the molecule is CC(=O)CCCCCNC(=O)CN(CC(=O)NCCO[C@@H]1O[C@@H](C)[C@@H](O)[C@@H](O)[C@@H]1O)CC(=O)NCCO[C@@H]1O[C@H](CO[C@H]2O[C@H](CO)[C@@H](O)[C@H](O)[C@@H]2O)[C@@H](O)[C@H](O[C@H]2O[C@H](CO)[C@@H](O)[C@H](O)[C@@H]2O)[C@H]1O. The van der Waals surface area contributed by atoms with Gasteiger partial charge in [-0.2, -0.15) is 0 Å². The van der Waals surface area contributed by atoms with Gasteiger partial charge >= 0.3 is 0 Å². The van der Waals surface area contributed by atoms with Gasteiger partial charge in [0.05, 0.1) is 58.8 Å². The van der Waals surface area contributed by atoms with Gasteiger partial charge in [0.2, 0.25) is 17.7 Å². The van der Waals surface area contributed by atoms with E-state index in [0.29, 0.717) is 25.7 Å². The van der Waals surface area contributed by atoms with Crippen LogP contribution in [-0.4, -0.2) is 290 Å². The minimum Gasteiger partial charge on any atom is -0.394 e. The first kappa shape index (κ1) is 59.8. The molecular formula is C41H72N4O25. The first-order valence-electron chi connectivity index (χ1n) is 23.0. The van der Waals surface area contributed by atoms with Gasteiger partial charge in [-0.1, -0.05) is 6.42 Å². The third kappa shape index (κ3) is 17.1. The van der Waals surface area contributed by atoms with Crippen LogP contribution in [0.2, 0.25) is 0 Å². The third-order valence-corrected chi connectivity index (χ3v) is 11.9. The van der Waals surface area contributed by atoms with Crippen LogP contribution in [-0.2, 0) is 57.1 Å². The lowest BCUT2D eigenvalue weighted by Crippen LogP contribution is -2.65. The molecule has 406 valence electrons. The standard InChI is InChI=1S/C41H72N4O25/c1-18(48)6-4-3-5-7-42-23(49)12-45(13-24(50)43-8-10-63-38-33(59)30(56)26(52)19(2)66-38)14-25(51)44-9-11-64-40-36(62)37(70-41-35(61)32(58)28(54)21(16-47)68-41)29(55)22(69-40)17-65-39-34(60)31(57)27(53)20(15-46)67-39/h19-22,26-41,46-47,52-62H,3-17H2,1-2H3,(H,42,49)(H,43,50)(H,44,51)/t19-,20+,21+,22+,26+,27+,28+,29+,30+,31-,32-,33-,34-,35-,36+,37-,38+,39-,40+,41+/m0/s1. The Morgan fingerprint density at radius 3 is 1.44 bits per heavy atom. The summed E-state index contributed by atoms with van der Waals surface area (Å²) in [4.78, 5) is 51.5. The van der Waals surface area contributed by atoms with E-state index in [0.717, 1.165) is 0 Å².